The Labute approximate surface area is 181 Å². The van der Waals surface area contributed by atoms with E-state index < -0.39 is 0 Å². The molecule has 0 saturated carbocycles. The van der Waals surface area contributed by atoms with Crippen LogP contribution in [0.25, 0.3) is 10.8 Å². The topological polar surface area (TPSA) is 84.0 Å². The lowest BCUT2D eigenvalue weighted by molar-refractivity contribution is -0.113. The molecule has 0 spiro atoms. The molecule has 0 atom stereocenters. The predicted octanol–water partition coefficient (Wildman–Crippen LogP) is 4.98. The van der Waals surface area contributed by atoms with E-state index in [1.54, 1.807) is 6.07 Å². The van der Waals surface area contributed by atoms with Crippen LogP contribution in [0.2, 0.25) is 0 Å². The number of amides is 2. The second-order valence-electron chi connectivity index (χ2n) is 6.56. The first kappa shape index (κ1) is 20.1. The number of fused-ring (bicyclic) bond motifs is 1. The number of anilines is 2. The Kier molecular flexibility index (Phi) is 6.06. The van der Waals surface area contributed by atoms with Crippen molar-refractivity contribution in [1.29, 1.82) is 0 Å². The summed E-state index contributed by atoms with van der Waals surface area (Å²) in [6, 6.07) is 20.9. The van der Waals surface area contributed by atoms with E-state index in [4.69, 9.17) is 0 Å². The second kappa shape index (κ2) is 9.06. The summed E-state index contributed by atoms with van der Waals surface area (Å²) in [5.74, 6) is -0.156. The van der Waals surface area contributed by atoms with Gasteiger partial charge in [0.25, 0.3) is 5.91 Å². The first-order valence-corrected chi connectivity index (χ1v) is 11.0. The number of carbonyl (C=O) groups excluding carboxylic acids is 2. The maximum Gasteiger partial charge on any atom is 0.258 e. The fourth-order valence-electron chi connectivity index (χ4n) is 2.87. The Bertz CT molecular complexity index is 1200. The summed E-state index contributed by atoms with van der Waals surface area (Å²) in [4.78, 5) is 24.8. The molecule has 1 aromatic heterocycles. The average Bonchev–Trinajstić information content (AvgIpc) is 3.21. The molecule has 0 aliphatic carbocycles. The standard InChI is InChI=1S/C22H18N4O2S2/c1-14-9-11-16(12-10-14)23-19(27)13-29-22-26-25-21(30-22)24-20(28)18-8-4-6-15-5-2-3-7-17(15)18/h2-12H,13H2,1H3,(H,23,27)(H,24,25,28). The largest absolute Gasteiger partial charge is 0.325 e. The molecule has 30 heavy (non-hydrogen) atoms. The van der Waals surface area contributed by atoms with Gasteiger partial charge in [0.2, 0.25) is 11.0 Å². The number of hydrogen-bond donors (Lipinski definition) is 2. The highest BCUT2D eigenvalue weighted by molar-refractivity contribution is 8.01. The molecular formula is C22H18N4O2S2. The van der Waals surface area contributed by atoms with Gasteiger partial charge in [0, 0.05) is 11.3 Å². The Balaban J connectivity index is 1.35. The summed E-state index contributed by atoms with van der Waals surface area (Å²) in [6.07, 6.45) is 0. The molecule has 4 aromatic rings. The first-order chi connectivity index (χ1) is 14.6. The number of benzene rings is 3. The van der Waals surface area contributed by atoms with Crippen molar-refractivity contribution in [1.82, 2.24) is 10.2 Å². The molecule has 0 saturated heterocycles. The number of nitrogens with zero attached hydrogens (tertiary/aromatic N) is 2. The van der Waals surface area contributed by atoms with Crippen LogP contribution in [0.5, 0.6) is 0 Å². The van der Waals surface area contributed by atoms with Crippen LogP contribution in [0.4, 0.5) is 10.8 Å². The molecule has 0 unspecified atom stereocenters. The molecule has 0 fully saturated rings. The van der Waals surface area contributed by atoms with E-state index in [-0.39, 0.29) is 17.6 Å². The zero-order valence-corrected chi connectivity index (χ0v) is 17.7. The van der Waals surface area contributed by atoms with Gasteiger partial charge < -0.3 is 5.32 Å². The van der Waals surface area contributed by atoms with Gasteiger partial charge in [0.15, 0.2) is 4.34 Å². The highest BCUT2D eigenvalue weighted by atomic mass is 32.2. The smallest absolute Gasteiger partial charge is 0.258 e. The van der Waals surface area contributed by atoms with Crippen molar-refractivity contribution in [3.63, 3.8) is 0 Å². The Hall–Kier alpha value is -3.23. The van der Waals surface area contributed by atoms with Gasteiger partial charge >= 0.3 is 0 Å². The van der Waals surface area contributed by atoms with E-state index in [0.29, 0.717) is 15.0 Å². The summed E-state index contributed by atoms with van der Waals surface area (Å²) in [7, 11) is 0. The predicted molar refractivity (Wildman–Crippen MR) is 122 cm³/mol. The van der Waals surface area contributed by atoms with Gasteiger partial charge in [-0.1, -0.05) is 77.2 Å². The van der Waals surface area contributed by atoms with Crippen molar-refractivity contribution in [2.45, 2.75) is 11.3 Å². The van der Waals surface area contributed by atoms with Crippen molar-refractivity contribution in [3.8, 4) is 0 Å². The minimum Gasteiger partial charge on any atom is -0.325 e. The molecule has 0 bridgehead atoms. The summed E-state index contributed by atoms with van der Waals surface area (Å²) >= 11 is 2.52. The van der Waals surface area contributed by atoms with E-state index in [1.165, 1.54) is 23.1 Å². The lowest BCUT2D eigenvalue weighted by Crippen LogP contribution is -2.13. The maximum absolute atomic E-state index is 12.7. The summed E-state index contributed by atoms with van der Waals surface area (Å²) < 4.78 is 0.613. The monoisotopic (exact) mass is 434 g/mol. The molecule has 0 aliphatic heterocycles. The lowest BCUT2D eigenvalue weighted by atomic mass is 10.0. The van der Waals surface area contributed by atoms with Gasteiger partial charge in [0.1, 0.15) is 0 Å². The molecule has 4 rings (SSSR count). The van der Waals surface area contributed by atoms with Crippen LogP contribution in [-0.4, -0.2) is 27.8 Å². The van der Waals surface area contributed by atoms with Crippen molar-refractivity contribution in [2.24, 2.45) is 0 Å². The minimum absolute atomic E-state index is 0.125. The van der Waals surface area contributed by atoms with Crippen LogP contribution in [0.1, 0.15) is 15.9 Å². The summed E-state index contributed by atoms with van der Waals surface area (Å²) in [5, 5.41) is 16.0. The van der Waals surface area contributed by atoms with Crippen molar-refractivity contribution in [2.75, 3.05) is 16.4 Å². The van der Waals surface area contributed by atoms with Gasteiger partial charge in [-0.3, -0.25) is 14.9 Å². The molecule has 0 aliphatic rings. The number of hydrogen-bond acceptors (Lipinski definition) is 6. The highest BCUT2D eigenvalue weighted by Gasteiger charge is 2.14. The van der Waals surface area contributed by atoms with E-state index in [1.807, 2.05) is 67.6 Å². The Morgan fingerprint density at radius 1 is 0.933 bits per heavy atom. The molecule has 2 N–H and O–H groups in total. The molecule has 6 nitrogen and oxygen atoms in total. The van der Waals surface area contributed by atoms with E-state index in [2.05, 4.69) is 20.8 Å². The van der Waals surface area contributed by atoms with Gasteiger partial charge in [-0.15, -0.1) is 10.2 Å². The van der Waals surface area contributed by atoms with E-state index in [9.17, 15) is 9.59 Å². The Morgan fingerprint density at radius 2 is 1.70 bits per heavy atom. The van der Waals surface area contributed by atoms with Crippen LogP contribution in [0.3, 0.4) is 0 Å². The number of rotatable bonds is 6. The average molecular weight is 435 g/mol. The van der Waals surface area contributed by atoms with Crippen LogP contribution in [0.15, 0.2) is 71.1 Å². The van der Waals surface area contributed by atoms with Gasteiger partial charge in [-0.05, 0) is 35.9 Å². The van der Waals surface area contributed by atoms with Gasteiger partial charge in [0.05, 0.1) is 5.75 Å². The number of carbonyl (C=O) groups is 2. The van der Waals surface area contributed by atoms with Crippen molar-refractivity contribution >= 4 is 56.5 Å². The molecule has 3 aromatic carbocycles. The minimum atomic E-state index is -0.239. The lowest BCUT2D eigenvalue weighted by Gasteiger charge is -2.05. The van der Waals surface area contributed by atoms with Gasteiger partial charge in [-0.2, -0.15) is 0 Å². The summed E-state index contributed by atoms with van der Waals surface area (Å²) in [6.45, 7) is 1.99. The number of nitrogens with one attached hydrogen (secondary N) is 2. The number of thioether (sulfide) groups is 1. The molecule has 2 amide bonds. The normalized spacial score (nSPS) is 10.7. The quantitative estimate of drug-likeness (QED) is 0.330. The number of aryl methyl sites for hydroxylation is 1. The van der Waals surface area contributed by atoms with Crippen molar-refractivity contribution < 1.29 is 9.59 Å². The number of aromatic nitrogens is 2. The third kappa shape index (κ3) is 4.84. The molecule has 1 heterocycles. The summed E-state index contributed by atoms with van der Waals surface area (Å²) in [5.41, 5.74) is 2.47. The molecule has 8 heteroatoms. The third-order valence-electron chi connectivity index (χ3n) is 4.32. The van der Waals surface area contributed by atoms with Crippen LogP contribution in [-0.2, 0) is 4.79 Å². The van der Waals surface area contributed by atoms with Crippen LogP contribution >= 0.6 is 23.1 Å². The van der Waals surface area contributed by atoms with E-state index >= 15 is 0 Å². The SMILES string of the molecule is Cc1ccc(NC(=O)CSc2nnc(NC(=O)c3cccc4ccccc34)s2)cc1. The third-order valence-corrected chi connectivity index (χ3v) is 6.30. The second-order valence-corrected chi connectivity index (χ2v) is 8.76. The van der Waals surface area contributed by atoms with E-state index in [0.717, 1.165) is 22.0 Å². The van der Waals surface area contributed by atoms with Crippen molar-refractivity contribution in [3.05, 3.63) is 77.9 Å². The molecule has 150 valence electrons. The fourth-order valence-corrected chi connectivity index (χ4v) is 4.41. The highest BCUT2D eigenvalue weighted by Crippen LogP contribution is 2.27. The molecular weight excluding hydrogens is 416 g/mol. The fraction of sp³-hybridized carbons (Fsp3) is 0.0909. The first-order valence-electron chi connectivity index (χ1n) is 9.20. The zero-order chi connectivity index (χ0) is 20.9. The maximum atomic E-state index is 12.7. The van der Waals surface area contributed by atoms with Crippen LogP contribution < -0.4 is 10.6 Å². The Morgan fingerprint density at radius 3 is 2.53 bits per heavy atom. The van der Waals surface area contributed by atoms with Gasteiger partial charge in [-0.25, -0.2) is 0 Å². The molecule has 0 radical (unpaired) electrons. The van der Waals surface area contributed by atoms with Crippen LogP contribution in [0, 0.1) is 6.92 Å². The zero-order valence-electron chi connectivity index (χ0n) is 16.1.